The molecule has 3 aliphatic rings. The van der Waals surface area contributed by atoms with Crippen molar-refractivity contribution in [3.8, 4) is 0 Å². The molecule has 1 aromatic carbocycles. The van der Waals surface area contributed by atoms with Crippen LogP contribution in [-0.4, -0.2) is 50.9 Å². The van der Waals surface area contributed by atoms with E-state index in [1.807, 2.05) is 28.8 Å². The van der Waals surface area contributed by atoms with E-state index < -0.39 is 5.97 Å². The third kappa shape index (κ3) is 6.45. The third-order valence-corrected chi connectivity index (χ3v) is 9.29. The van der Waals surface area contributed by atoms with Crippen LogP contribution in [0, 0.1) is 0 Å². The predicted octanol–water partition coefficient (Wildman–Crippen LogP) is 6.37. The summed E-state index contributed by atoms with van der Waals surface area (Å²) in [4.78, 5) is 46.3. The molecular weight excluding hydrogens is 490 g/mol. The number of ketones is 1. The molecule has 3 atom stereocenters. The number of ether oxygens (including phenoxy) is 1. The molecule has 1 saturated carbocycles. The minimum absolute atomic E-state index is 0.0372. The number of hydrogen-bond acceptors (Lipinski definition) is 6. The summed E-state index contributed by atoms with van der Waals surface area (Å²) in [6.07, 6.45) is 17.5. The Balaban J connectivity index is 1.42. The van der Waals surface area contributed by atoms with Gasteiger partial charge in [-0.15, -0.1) is 0 Å². The van der Waals surface area contributed by atoms with E-state index >= 15 is 0 Å². The van der Waals surface area contributed by atoms with Crippen molar-refractivity contribution in [3.05, 3.63) is 40.3 Å². The summed E-state index contributed by atoms with van der Waals surface area (Å²) < 4.78 is 6.86. The van der Waals surface area contributed by atoms with Crippen molar-refractivity contribution in [2.24, 2.45) is 0 Å². The van der Waals surface area contributed by atoms with Crippen molar-refractivity contribution >= 4 is 22.8 Å². The van der Waals surface area contributed by atoms with Crippen LogP contribution in [0.15, 0.2) is 29.1 Å². The third-order valence-electron chi connectivity index (χ3n) is 9.29. The highest BCUT2D eigenvalue weighted by Gasteiger charge is 2.42. The molecule has 1 aliphatic carbocycles. The monoisotopic (exact) mass is 535 g/mol. The Hall–Kier alpha value is -2.54. The molecule has 2 bridgehead atoms. The molecule has 2 aliphatic heterocycles. The first kappa shape index (κ1) is 28.0. The van der Waals surface area contributed by atoms with Gasteiger partial charge >= 0.3 is 5.97 Å². The Bertz CT molecular complexity index is 1180. The van der Waals surface area contributed by atoms with Crippen LogP contribution in [-0.2, 0) is 9.53 Å². The number of fused-ring (bicyclic) bond motifs is 3. The first-order valence-corrected chi connectivity index (χ1v) is 15.5. The van der Waals surface area contributed by atoms with Crippen molar-refractivity contribution in [1.82, 2.24) is 14.5 Å². The van der Waals surface area contributed by atoms with Gasteiger partial charge < -0.3 is 9.30 Å². The van der Waals surface area contributed by atoms with Crippen molar-refractivity contribution in [3.63, 3.8) is 0 Å². The van der Waals surface area contributed by atoms with Crippen LogP contribution in [0.1, 0.15) is 126 Å². The fourth-order valence-corrected chi connectivity index (χ4v) is 7.55. The van der Waals surface area contributed by atoms with E-state index in [1.165, 1.54) is 77.0 Å². The van der Waals surface area contributed by atoms with Gasteiger partial charge in [-0.2, -0.15) is 0 Å². The number of Topliss-reactive ketones (excluding diaryl/α,β-unsaturated/α-hetero) is 1. The minimum Gasteiger partial charge on any atom is -0.466 e. The van der Waals surface area contributed by atoms with Crippen molar-refractivity contribution in [2.75, 3.05) is 6.61 Å². The summed E-state index contributed by atoms with van der Waals surface area (Å²) in [7, 11) is 0. The molecule has 39 heavy (non-hydrogen) atoms. The molecule has 7 nitrogen and oxygen atoms in total. The lowest BCUT2D eigenvalue weighted by atomic mass is 9.79. The maximum Gasteiger partial charge on any atom is 0.306 e. The van der Waals surface area contributed by atoms with Crippen LogP contribution in [0.3, 0.4) is 0 Å². The number of esters is 1. The van der Waals surface area contributed by atoms with Gasteiger partial charge in [0, 0.05) is 30.6 Å². The minimum atomic E-state index is -0.423. The molecule has 1 aromatic heterocycles. The largest absolute Gasteiger partial charge is 0.466 e. The molecule has 2 saturated heterocycles. The maximum absolute atomic E-state index is 13.9. The van der Waals surface area contributed by atoms with E-state index in [9.17, 15) is 14.4 Å². The lowest BCUT2D eigenvalue weighted by Gasteiger charge is -2.53. The maximum atomic E-state index is 13.9. The molecule has 0 radical (unpaired) electrons. The van der Waals surface area contributed by atoms with Crippen LogP contribution in [0.4, 0.5) is 0 Å². The highest BCUT2D eigenvalue weighted by Crippen LogP contribution is 2.42. The number of piperidine rings is 2. The van der Waals surface area contributed by atoms with Gasteiger partial charge in [0.2, 0.25) is 0 Å². The Morgan fingerprint density at radius 3 is 2.10 bits per heavy atom. The summed E-state index contributed by atoms with van der Waals surface area (Å²) in [5, 5.41) is 0. The van der Waals surface area contributed by atoms with Gasteiger partial charge in [-0.1, -0.05) is 63.5 Å². The predicted molar refractivity (Wildman–Crippen MR) is 153 cm³/mol. The lowest BCUT2D eigenvalue weighted by molar-refractivity contribution is -0.143. The van der Waals surface area contributed by atoms with Gasteiger partial charge in [-0.3, -0.25) is 19.3 Å². The van der Waals surface area contributed by atoms with Gasteiger partial charge in [0.05, 0.1) is 24.1 Å². The summed E-state index contributed by atoms with van der Waals surface area (Å²) in [6, 6.07) is 9.35. The van der Waals surface area contributed by atoms with Gasteiger partial charge in [0.15, 0.2) is 11.5 Å². The van der Waals surface area contributed by atoms with E-state index in [0.717, 1.165) is 18.4 Å². The van der Waals surface area contributed by atoms with Crippen LogP contribution >= 0.6 is 0 Å². The molecule has 0 spiro atoms. The van der Waals surface area contributed by atoms with Crippen molar-refractivity contribution < 1.29 is 14.3 Å². The SMILES string of the molecule is CCOC(=O)CCC(=O)c1nc2ccccc2n(C2C[C@H]3CCC[C@@H](C2)N3C2CCCCCCCCC2)c1=O. The number of nitrogens with zero attached hydrogens (tertiary/aromatic N) is 3. The summed E-state index contributed by atoms with van der Waals surface area (Å²) in [6.45, 7) is 2.01. The highest BCUT2D eigenvalue weighted by molar-refractivity contribution is 5.97. The molecular formula is C32H45N3O4. The lowest BCUT2D eigenvalue weighted by Crippen LogP contribution is -2.57. The van der Waals surface area contributed by atoms with E-state index in [1.54, 1.807) is 6.92 Å². The second kappa shape index (κ2) is 13.2. The number of hydrogen-bond donors (Lipinski definition) is 0. The van der Waals surface area contributed by atoms with Gasteiger partial charge in [-0.25, -0.2) is 4.98 Å². The summed E-state index contributed by atoms with van der Waals surface area (Å²) in [5.41, 5.74) is 1.12. The van der Waals surface area contributed by atoms with Crippen LogP contribution in [0.5, 0.6) is 0 Å². The van der Waals surface area contributed by atoms with E-state index in [2.05, 4.69) is 9.88 Å². The molecule has 2 aromatic rings. The second-order valence-electron chi connectivity index (χ2n) is 11.9. The highest BCUT2D eigenvalue weighted by atomic mass is 16.5. The zero-order valence-electron chi connectivity index (χ0n) is 23.6. The van der Waals surface area contributed by atoms with Crippen LogP contribution < -0.4 is 5.56 Å². The normalized spacial score (nSPS) is 25.3. The Morgan fingerprint density at radius 2 is 1.44 bits per heavy atom. The molecule has 212 valence electrons. The molecule has 3 fully saturated rings. The molecule has 0 amide bonds. The zero-order chi connectivity index (χ0) is 27.2. The average molecular weight is 536 g/mol. The van der Waals surface area contributed by atoms with Crippen LogP contribution in [0.2, 0.25) is 0 Å². The number of carbonyl (C=O) groups is 2. The second-order valence-corrected chi connectivity index (χ2v) is 11.9. The molecule has 7 heteroatoms. The van der Waals surface area contributed by atoms with Gasteiger partial charge in [0.25, 0.3) is 5.56 Å². The molecule has 1 unspecified atom stereocenters. The number of carbonyl (C=O) groups excluding carboxylic acids is 2. The number of benzene rings is 1. The topological polar surface area (TPSA) is 81.5 Å². The first-order valence-electron chi connectivity index (χ1n) is 15.5. The number of rotatable bonds is 7. The summed E-state index contributed by atoms with van der Waals surface area (Å²) >= 11 is 0. The first-order chi connectivity index (χ1) is 19.1. The quantitative estimate of drug-likeness (QED) is 0.303. The van der Waals surface area contributed by atoms with Gasteiger partial charge in [0.1, 0.15) is 0 Å². The standard InChI is InChI=1S/C32H45N3O4/c1-2-39-30(37)20-19-29(36)31-32(38)35(28-18-11-10-17-27(28)33-31)26-21-24-15-12-16-25(22-26)34(24)23-13-8-6-4-3-5-7-9-14-23/h10-11,17-18,23-26H,2-9,12-16,19-22H2,1H3/t24-,25+,26?. The number of aromatic nitrogens is 2. The van der Waals surface area contributed by atoms with E-state index in [-0.39, 0.29) is 42.5 Å². The molecule has 5 rings (SSSR count). The Labute approximate surface area is 232 Å². The van der Waals surface area contributed by atoms with E-state index in [0.29, 0.717) is 23.6 Å². The average Bonchev–Trinajstić information content (AvgIpc) is 2.94. The smallest absolute Gasteiger partial charge is 0.306 e. The van der Waals surface area contributed by atoms with Crippen molar-refractivity contribution in [1.29, 1.82) is 0 Å². The van der Waals surface area contributed by atoms with E-state index in [4.69, 9.17) is 4.74 Å². The Kier molecular flexibility index (Phi) is 9.49. The summed E-state index contributed by atoms with van der Waals surface area (Å²) in [5.74, 6) is -0.806. The number of para-hydroxylation sites is 2. The fraction of sp³-hybridized carbons (Fsp3) is 0.688. The molecule has 3 heterocycles. The van der Waals surface area contributed by atoms with Gasteiger partial charge in [-0.05, 0) is 57.6 Å². The molecule has 0 N–H and O–H groups in total. The van der Waals surface area contributed by atoms with Crippen LogP contribution in [0.25, 0.3) is 11.0 Å². The van der Waals surface area contributed by atoms with Crippen molar-refractivity contribution in [2.45, 2.75) is 134 Å². The zero-order valence-corrected chi connectivity index (χ0v) is 23.6. The Morgan fingerprint density at radius 1 is 0.821 bits per heavy atom. The fourth-order valence-electron chi connectivity index (χ4n) is 7.55.